The van der Waals surface area contributed by atoms with E-state index in [0.717, 1.165) is 33.9 Å². The first-order valence-corrected chi connectivity index (χ1v) is 9.62. The number of nitrogens with zero attached hydrogens (tertiary/aromatic N) is 1. The second-order valence-corrected chi connectivity index (χ2v) is 6.94. The quantitative estimate of drug-likeness (QED) is 0.502. The fraction of sp³-hybridized carbons (Fsp3) is 0.115. The highest BCUT2D eigenvalue weighted by atomic mass is 15.0. The minimum Gasteiger partial charge on any atom is -0.308 e. The first-order valence-electron chi connectivity index (χ1n) is 9.62. The van der Waals surface area contributed by atoms with Crippen molar-refractivity contribution in [2.24, 2.45) is 0 Å². The molecule has 0 saturated heterocycles. The zero-order valence-electron chi connectivity index (χ0n) is 16.4. The van der Waals surface area contributed by atoms with E-state index >= 15 is 0 Å². The molecule has 0 atom stereocenters. The average Bonchev–Trinajstić information content (AvgIpc) is 3.23. The van der Waals surface area contributed by atoms with Crippen molar-refractivity contribution in [2.45, 2.75) is 20.3 Å². The Balaban J connectivity index is 2.05. The van der Waals surface area contributed by atoms with Crippen LogP contribution in [0, 0.1) is 5.41 Å². The summed E-state index contributed by atoms with van der Waals surface area (Å²) in [5, 5.41) is 10.3. The fourth-order valence-electron chi connectivity index (χ4n) is 4.24. The molecule has 138 valence electrons. The van der Waals surface area contributed by atoms with Crippen LogP contribution in [0.3, 0.4) is 0 Å². The number of benzene rings is 2. The number of allylic oxidation sites excluding steroid dienone is 2. The normalized spacial score (nSPS) is 13.8. The summed E-state index contributed by atoms with van der Waals surface area (Å²) in [6.45, 7) is 7.93. The maximum Gasteiger partial charge on any atom is 0.0716 e. The summed E-state index contributed by atoms with van der Waals surface area (Å²) in [6.07, 6.45) is 12.5. The van der Waals surface area contributed by atoms with Crippen LogP contribution in [0.15, 0.2) is 61.2 Å². The van der Waals surface area contributed by atoms with Crippen molar-refractivity contribution in [3.8, 4) is 16.8 Å². The molecule has 1 aliphatic rings. The molecule has 3 aromatic rings. The molecule has 2 nitrogen and oxygen atoms in total. The molecule has 0 saturated carbocycles. The molecule has 1 aromatic heterocycles. The van der Waals surface area contributed by atoms with Gasteiger partial charge in [-0.2, -0.15) is 0 Å². The molecule has 0 aliphatic heterocycles. The lowest BCUT2D eigenvalue weighted by Crippen LogP contribution is -2.29. The van der Waals surface area contributed by atoms with Gasteiger partial charge in [0.15, 0.2) is 0 Å². The van der Waals surface area contributed by atoms with E-state index in [9.17, 15) is 0 Å². The van der Waals surface area contributed by atoms with Gasteiger partial charge in [-0.15, -0.1) is 0 Å². The molecule has 1 N–H and O–H groups in total. The summed E-state index contributed by atoms with van der Waals surface area (Å²) in [4.78, 5) is 0. The molecule has 2 heteroatoms. The summed E-state index contributed by atoms with van der Waals surface area (Å²) < 4.78 is 2.18. The molecule has 0 radical (unpaired) electrons. The van der Waals surface area contributed by atoms with E-state index < -0.39 is 0 Å². The van der Waals surface area contributed by atoms with Crippen molar-refractivity contribution in [3.05, 3.63) is 94.1 Å². The van der Waals surface area contributed by atoms with Gasteiger partial charge in [0.05, 0.1) is 5.69 Å². The molecule has 28 heavy (non-hydrogen) atoms. The molecule has 0 fully saturated rings. The minimum atomic E-state index is 0.880. The van der Waals surface area contributed by atoms with Gasteiger partial charge in [-0.3, -0.25) is 0 Å². The highest BCUT2D eigenvalue weighted by molar-refractivity contribution is 5.85. The van der Waals surface area contributed by atoms with E-state index in [4.69, 9.17) is 5.41 Å². The SMILES string of the molecule is C=C/C=c1/c(/C=C\C)c(C=N)n(-c2ccc3c(c2)-c2ccccc2C3)/c1=C/C. The van der Waals surface area contributed by atoms with Crippen LogP contribution in [0.1, 0.15) is 36.2 Å². The Labute approximate surface area is 166 Å². The number of aromatic nitrogens is 1. The van der Waals surface area contributed by atoms with E-state index in [1.165, 1.54) is 28.5 Å². The highest BCUT2D eigenvalue weighted by Gasteiger charge is 2.20. The number of hydrogen-bond donors (Lipinski definition) is 1. The van der Waals surface area contributed by atoms with Gasteiger partial charge in [0, 0.05) is 28.0 Å². The van der Waals surface area contributed by atoms with Crippen molar-refractivity contribution >= 4 is 24.4 Å². The van der Waals surface area contributed by atoms with E-state index in [0.29, 0.717) is 0 Å². The lowest BCUT2D eigenvalue weighted by molar-refractivity contribution is 1.01. The summed E-state index contributed by atoms with van der Waals surface area (Å²) in [6, 6.07) is 15.3. The van der Waals surface area contributed by atoms with E-state index in [1.54, 1.807) is 0 Å². The third kappa shape index (κ3) is 2.69. The van der Waals surface area contributed by atoms with Gasteiger partial charge in [0.2, 0.25) is 0 Å². The fourth-order valence-corrected chi connectivity index (χ4v) is 4.24. The van der Waals surface area contributed by atoms with Crippen LogP contribution in [0.4, 0.5) is 0 Å². The molecule has 2 aromatic carbocycles. The Morgan fingerprint density at radius 1 is 1.04 bits per heavy atom. The topological polar surface area (TPSA) is 28.8 Å². The van der Waals surface area contributed by atoms with Gasteiger partial charge in [0.1, 0.15) is 0 Å². The Bertz CT molecular complexity index is 1240. The Kier molecular flexibility index (Phi) is 4.70. The molecular weight excluding hydrogens is 340 g/mol. The molecule has 0 bridgehead atoms. The second-order valence-electron chi connectivity index (χ2n) is 6.94. The summed E-state index contributed by atoms with van der Waals surface area (Å²) >= 11 is 0. The van der Waals surface area contributed by atoms with Gasteiger partial charge < -0.3 is 9.98 Å². The van der Waals surface area contributed by atoms with Gasteiger partial charge in [-0.1, -0.05) is 67.3 Å². The molecular formula is C26H24N2. The maximum absolute atomic E-state index is 8.11. The molecule has 0 unspecified atom stereocenters. The van der Waals surface area contributed by atoms with Crippen LogP contribution in [-0.4, -0.2) is 10.8 Å². The van der Waals surface area contributed by atoms with Crippen LogP contribution in [0.25, 0.3) is 35.0 Å². The van der Waals surface area contributed by atoms with Crippen molar-refractivity contribution < 1.29 is 0 Å². The Morgan fingerprint density at radius 2 is 1.82 bits per heavy atom. The molecule has 1 heterocycles. The van der Waals surface area contributed by atoms with Gasteiger partial charge in [-0.05, 0) is 54.7 Å². The Morgan fingerprint density at radius 3 is 2.54 bits per heavy atom. The molecule has 1 aliphatic carbocycles. The zero-order valence-corrected chi connectivity index (χ0v) is 16.4. The van der Waals surface area contributed by atoms with E-state index in [-0.39, 0.29) is 0 Å². The standard InChI is InChI=1S/C26H24N2/c1-4-9-22-23(10-5-2)26(17-27)28(25(22)6-3)20-14-13-19-15-18-11-7-8-12-21(18)24(19)16-20/h4-14,16-17,27H,1,15H2,2-3H3/b10-5-,22-9-,25-6+,27-17?. The number of nitrogens with one attached hydrogen (secondary N) is 1. The third-order valence-corrected chi connectivity index (χ3v) is 5.39. The summed E-state index contributed by atoms with van der Waals surface area (Å²) in [5.74, 6) is 0. The maximum atomic E-state index is 8.11. The predicted octanol–water partition coefficient (Wildman–Crippen LogP) is 4.85. The summed E-state index contributed by atoms with van der Waals surface area (Å²) in [7, 11) is 0. The number of rotatable bonds is 4. The van der Waals surface area contributed by atoms with Crippen LogP contribution >= 0.6 is 0 Å². The Hall–Kier alpha value is -3.39. The van der Waals surface area contributed by atoms with Crippen LogP contribution in [0.2, 0.25) is 0 Å². The van der Waals surface area contributed by atoms with E-state index in [1.807, 2.05) is 32.1 Å². The van der Waals surface area contributed by atoms with Crippen molar-refractivity contribution in [1.82, 2.24) is 4.57 Å². The molecule has 4 rings (SSSR count). The number of fused-ring (bicyclic) bond motifs is 3. The van der Waals surface area contributed by atoms with E-state index in [2.05, 4.69) is 65.8 Å². The van der Waals surface area contributed by atoms with Crippen LogP contribution in [-0.2, 0) is 6.42 Å². The first kappa shape index (κ1) is 18.0. The summed E-state index contributed by atoms with van der Waals surface area (Å²) in [5.41, 5.74) is 8.36. The largest absolute Gasteiger partial charge is 0.308 e. The first-order chi connectivity index (χ1) is 13.7. The smallest absolute Gasteiger partial charge is 0.0716 e. The zero-order chi connectivity index (χ0) is 19.7. The van der Waals surface area contributed by atoms with Crippen molar-refractivity contribution in [3.63, 3.8) is 0 Å². The molecule has 0 spiro atoms. The number of hydrogen-bond acceptors (Lipinski definition) is 1. The molecule has 0 amide bonds. The second kappa shape index (κ2) is 7.32. The predicted molar refractivity (Wildman–Crippen MR) is 121 cm³/mol. The third-order valence-electron chi connectivity index (χ3n) is 5.39. The van der Waals surface area contributed by atoms with Crippen LogP contribution < -0.4 is 10.6 Å². The van der Waals surface area contributed by atoms with Crippen LogP contribution in [0.5, 0.6) is 0 Å². The van der Waals surface area contributed by atoms with Crippen molar-refractivity contribution in [1.29, 1.82) is 5.41 Å². The van der Waals surface area contributed by atoms with Gasteiger partial charge >= 0.3 is 0 Å². The highest BCUT2D eigenvalue weighted by Crippen LogP contribution is 2.37. The average molecular weight is 364 g/mol. The van der Waals surface area contributed by atoms with Crippen molar-refractivity contribution in [2.75, 3.05) is 0 Å². The lowest BCUT2D eigenvalue weighted by atomic mass is 10.1. The van der Waals surface area contributed by atoms with Gasteiger partial charge in [-0.25, -0.2) is 0 Å². The minimum absolute atomic E-state index is 0.880. The monoisotopic (exact) mass is 364 g/mol. The van der Waals surface area contributed by atoms with Gasteiger partial charge in [0.25, 0.3) is 0 Å². The lowest BCUT2D eigenvalue weighted by Gasteiger charge is -2.11.